The molecule has 0 radical (unpaired) electrons. The first-order valence-corrected chi connectivity index (χ1v) is 16.4. The molecular weight excluding hydrogens is 617 g/mol. The number of ether oxygens (including phenoxy) is 3. The summed E-state index contributed by atoms with van der Waals surface area (Å²) in [6.45, 7) is 7.67. The maximum absolute atomic E-state index is 14.1. The van der Waals surface area contributed by atoms with Gasteiger partial charge in [-0.25, -0.2) is 4.79 Å². The molecule has 4 rings (SSSR count). The van der Waals surface area contributed by atoms with Crippen molar-refractivity contribution in [2.75, 3.05) is 19.4 Å². The van der Waals surface area contributed by atoms with E-state index in [1.165, 1.54) is 11.2 Å². The molecule has 0 bridgehead atoms. The molecule has 45 heavy (non-hydrogen) atoms. The van der Waals surface area contributed by atoms with E-state index in [-0.39, 0.29) is 25.0 Å². The average Bonchev–Trinajstić information content (AvgIpc) is 3.23. The van der Waals surface area contributed by atoms with Crippen molar-refractivity contribution in [1.82, 2.24) is 10.2 Å². The number of halogens is 3. The third kappa shape index (κ3) is 8.33. The Labute approximate surface area is 265 Å². The number of hydrogen-bond donors (Lipinski definition) is 4. The molecule has 3 fully saturated rings. The number of amides is 2. The quantitative estimate of drug-likeness (QED) is 0.294. The SMILES string of the molecule is C=C([C@@H](NC(=O)[C@@H]1[C@@H]2OCC[C@@H](CC(C)C)C[C@H]2CN1C(=O)OCc1ccccc1)[C@H]1O[C@H](SC)[C@H](O)[C@@H](O)[C@H]1O)C(F)(F)F. The lowest BCUT2D eigenvalue weighted by molar-refractivity contribution is -0.207. The molecule has 10 nitrogen and oxygen atoms in total. The van der Waals surface area contributed by atoms with Crippen LogP contribution in [0.25, 0.3) is 0 Å². The molecule has 1 aromatic rings. The van der Waals surface area contributed by atoms with Crippen molar-refractivity contribution in [3.05, 3.63) is 48.0 Å². The minimum Gasteiger partial charge on any atom is -0.445 e. The minimum absolute atomic E-state index is 0.0808. The molecule has 4 N–H and O–H groups in total. The topological polar surface area (TPSA) is 138 Å². The summed E-state index contributed by atoms with van der Waals surface area (Å²) < 4.78 is 59.5. The lowest BCUT2D eigenvalue weighted by Crippen LogP contribution is -2.65. The Balaban J connectivity index is 1.63. The van der Waals surface area contributed by atoms with Gasteiger partial charge in [0.1, 0.15) is 42.5 Å². The lowest BCUT2D eigenvalue weighted by atomic mass is 9.85. The number of carbonyl (C=O) groups is 2. The van der Waals surface area contributed by atoms with Crippen LogP contribution in [0.5, 0.6) is 0 Å². The maximum atomic E-state index is 14.1. The van der Waals surface area contributed by atoms with Crippen LogP contribution in [0.15, 0.2) is 42.5 Å². The highest BCUT2D eigenvalue weighted by Crippen LogP contribution is 2.39. The van der Waals surface area contributed by atoms with Gasteiger partial charge in [0.15, 0.2) is 0 Å². The molecule has 3 aliphatic rings. The van der Waals surface area contributed by atoms with E-state index in [0.29, 0.717) is 24.5 Å². The van der Waals surface area contributed by atoms with Crippen molar-refractivity contribution < 1.29 is 52.3 Å². The van der Waals surface area contributed by atoms with E-state index in [2.05, 4.69) is 25.7 Å². The second-order valence-corrected chi connectivity index (χ2v) is 13.4. The van der Waals surface area contributed by atoms with Crippen molar-refractivity contribution in [2.24, 2.45) is 17.8 Å². The number of nitrogens with one attached hydrogen (secondary N) is 1. The summed E-state index contributed by atoms with van der Waals surface area (Å²) in [7, 11) is 0. The maximum Gasteiger partial charge on any atom is 0.414 e. The predicted molar refractivity (Wildman–Crippen MR) is 160 cm³/mol. The Morgan fingerprint density at radius 2 is 1.84 bits per heavy atom. The number of rotatable bonds is 9. The first kappa shape index (κ1) is 35.5. The molecule has 10 atom stereocenters. The van der Waals surface area contributed by atoms with E-state index < -0.39 is 71.8 Å². The number of thioether (sulfide) groups is 1. The van der Waals surface area contributed by atoms with E-state index in [1.807, 2.05) is 6.07 Å². The van der Waals surface area contributed by atoms with Gasteiger partial charge in [0.05, 0.1) is 17.7 Å². The number of aliphatic hydroxyl groups is 3. The summed E-state index contributed by atoms with van der Waals surface area (Å²) in [5.74, 6) is -0.582. The fourth-order valence-electron chi connectivity index (χ4n) is 6.55. The molecule has 14 heteroatoms. The number of fused-ring (bicyclic) bond motifs is 1. The third-order valence-corrected chi connectivity index (χ3v) is 9.59. The van der Waals surface area contributed by atoms with Gasteiger partial charge < -0.3 is 34.8 Å². The Hall–Kier alpha value is -2.36. The summed E-state index contributed by atoms with van der Waals surface area (Å²) in [6.07, 6.45) is -10.1. The number of nitrogens with zero attached hydrogens (tertiary/aromatic N) is 1. The molecule has 2 amide bonds. The summed E-state index contributed by atoms with van der Waals surface area (Å²) in [6, 6.07) is 5.48. The van der Waals surface area contributed by atoms with Crippen LogP contribution in [0.3, 0.4) is 0 Å². The fraction of sp³-hybridized carbons (Fsp3) is 0.677. The average molecular weight is 661 g/mol. The molecule has 0 unspecified atom stereocenters. The second-order valence-electron chi connectivity index (χ2n) is 12.4. The first-order valence-electron chi connectivity index (χ1n) is 15.1. The molecule has 0 spiro atoms. The van der Waals surface area contributed by atoms with Crippen molar-refractivity contribution in [1.29, 1.82) is 0 Å². The van der Waals surface area contributed by atoms with Crippen LogP contribution in [0.1, 0.15) is 38.7 Å². The second kappa shape index (κ2) is 15.0. The molecule has 0 aliphatic carbocycles. The Kier molecular flexibility index (Phi) is 11.9. The summed E-state index contributed by atoms with van der Waals surface area (Å²) in [5, 5.41) is 33.7. The van der Waals surface area contributed by atoms with E-state index >= 15 is 0 Å². The first-order chi connectivity index (χ1) is 21.2. The van der Waals surface area contributed by atoms with Gasteiger partial charge in [-0.1, -0.05) is 50.8 Å². The van der Waals surface area contributed by atoms with E-state index in [0.717, 1.165) is 24.6 Å². The van der Waals surface area contributed by atoms with Gasteiger partial charge >= 0.3 is 12.3 Å². The van der Waals surface area contributed by atoms with Crippen LogP contribution in [-0.2, 0) is 25.6 Å². The van der Waals surface area contributed by atoms with E-state index in [1.54, 1.807) is 24.3 Å². The predicted octanol–water partition coefficient (Wildman–Crippen LogP) is 3.24. The van der Waals surface area contributed by atoms with Crippen molar-refractivity contribution >= 4 is 23.8 Å². The standard InChI is InChI=1S/C31H43F3N2O8S/c1-16(2)12-19-10-11-42-26-20(13-19)14-36(30(41)43-15-18-8-6-5-7-9-18)22(26)28(40)35-21(17(3)31(32,33)34)27-24(38)23(37)25(39)29(44-27)45-4/h5-9,16,19-27,29,37-39H,3,10-15H2,1-2,4H3,(H,35,40)/t19-,20-,21+,22-,23-,24+,25+,26+,27+,29+/m0/s1. The highest BCUT2D eigenvalue weighted by Gasteiger charge is 2.54. The number of alkyl halides is 3. The van der Waals surface area contributed by atoms with Crippen LogP contribution in [0.4, 0.5) is 18.0 Å². The number of carbonyl (C=O) groups excluding carboxylic acids is 2. The molecule has 3 saturated heterocycles. The zero-order valence-electron chi connectivity index (χ0n) is 25.6. The Morgan fingerprint density at radius 1 is 1.16 bits per heavy atom. The number of hydrogen-bond acceptors (Lipinski definition) is 9. The van der Waals surface area contributed by atoms with Crippen LogP contribution in [0, 0.1) is 17.8 Å². The highest BCUT2D eigenvalue weighted by molar-refractivity contribution is 7.99. The van der Waals surface area contributed by atoms with Crippen molar-refractivity contribution in [3.63, 3.8) is 0 Å². The van der Waals surface area contributed by atoms with Gasteiger partial charge in [-0.15, -0.1) is 11.8 Å². The molecular formula is C31H43F3N2O8S. The van der Waals surface area contributed by atoms with E-state index in [9.17, 15) is 38.1 Å². The summed E-state index contributed by atoms with van der Waals surface area (Å²) in [5.41, 5.74) is -1.92. The highest BCUT2D eigenvalue weighted by atomic mass is 32.2. The van der Waals surface area contributed by atoms with Crippen LogP contribution >= 0.6 is 11.8 Å². The number of aliphatic hydroxyl groups excluding tert-OH is 3. The largest absolute Gasteiger partial charge is 0.445 e. The van der Waals surface area contributed by atoms with Gasteiger partial charge in [0, 0.05) is 19.1 Å². The van der Waals surface area contributed by atoms with E-state index in [4.69, 9.17) is 14.2 Å². The number of likely N-dealkylation sites (tertiary alicyclic amines) is 1. The smallest absolute Gasteiger partial charge is 0.414 e. The van der Waals surface area contributed by atoms with Crippen LogP contribution in [0.2, 0.25) is 0 Å². The fourth-order valence-corrected chi connectivity index (χ4v) is 7.23. The zero-order valence-corrected chi connectivity index (χ0v) is 26.4. The molecule has 0 aromatic heterocycles. The van der Waals surface area contributed by atoms with Crippen LogP contribution < -0.4 is 5.32 Å². The Morgan fingerprint density at radius 3 is 2.47 bits per heavy atom. The summed E-state index contributed by atoms with van der Waals surface area (Å²) in [4.78, 5) is 28.7. The van der Waals surface area contributed by atoms with Crippen molar-refractivity contribution in [3.8, 4) is 0 Å². The van der Waals surface area contributed by atoms with Crippen LogP contribution in [-0.4, -0.2) is 106 Å². The third-order valence-electron chi connectivity index (χ3n) is 8.73. The molecule has 1 aromatic carbocycles. The summed E-state index contributed by atoms with van der Waals surface area (Å²) >= 11 is 0.917. The normalized spacial score (nSPS) is 32.8. The zero-order chi connectivity index (χ0) is 33.1. The monoisotopic (exact) mass is 660 g/mol. The van der Waals surface area contributed by atoms with Gasteiger partial charge in [0.25, 0.3) is 0 Å². The molecule has 252 valence electrons. The molecule has 0 saturated carbocycles. The van der Waals surface area contributed by atoms with Gasteiger partial charge in [-0.3, -0.25) is 9.69 Å². The molecule has 3 aliphatic heterocycles. The van der Waals surface area contributed by atoms with Crippen molar-refractivity contribution in [2.45, 2.75) is 93.9 Å². The Bertz CT molecular complexity index is 1170. The number of benzene rings is 1. The lowest BCUT2D eigenvalue weighted by Gasteiger charge is -2.44. The molecule has 3 heterocycles. The van der Waals surface area contributed by atoms with Gasteiger partial charge in [-0.2, -0.15) is 13.2 Å². The van der Waals surface area contributed by atoms with Gasteiger partial charge in [0.2, 0.25) is 5.91 Å². The van der Waals surface area contributed by atoms with Gasteiger partial charge in [-0.05, 0) is 42.9 Å². The minimum atomic E-state index is -5.02.